The van der Waals surface area contributed by atoms with Gasteiger partial charge in [0.1, 0.15) is 5.69 Å². The predicted molar refractivity (Wildman–Crippen MR) is 116 cm³/mol. The zero-order chi connectivity index (χ0) is 21.0. The highest BCUT2D eigenvalue weighted by molar-refractivity contribution is 6.08. The quantitative estimate of drug-likeness (QED) is 0.580. The maximum atomic E-state index is 13.3. The van der Waals surface area contributed by atoms with Crippen molar-refractivity contribution in [1.82, 2.24) is 4.57 Å². The van der Waals surface area contributed by atoms with Crippen LogP contribution in [0, 0.1) is 6.92 Å². The highest BCUT2D eigenvalue weighted by atomic mass is 16.5. The van der Waals surface area contributed by atoms with E-state index < -0.39 is 0 Å². The standard InChI is InChI=1S/C23H28N2O4/c1-6-7-12-25-18-11-9-8-10-17(18)15(2)21(25)23(26)24-16-13-19(27-3)22(29-5)20(14-16)28-4/h8-11,13-14H,6-7,12H2,1-5H3,(H,24,26). The molecule has 0 aliphatic rings. The fourth-order valence-electron chi connectivity index (χ4n) is 3.66. The summed E-state index contributed by atoms with van der Waals surface area (Å²) in [5, 5.41) is 4.10. The van der Waals surface area contributed by atoms with Crippen molar-refractivity contribution in [3.63, 3.8) is 0 Å². The summed E-state index contributed by atoms with van der Waals surface area (Å²) in [4.78, 5) is 13.3. The van der Waals surface area contributed by atoms with Gasteiger partial charge in [-0.15, -0.1) is 0 Å². The van der Waals surface area contributed by atoms with Crippen LogP contribution in [0.15, 0.2) is 36.4 Å². The Kier molecular flexibility index (Phi) is 6.32. The second-order valence-corrected chi connectivity index (χ2v) is 6.86. The molecule has 0 bridgehead atoms. The first-order valence-corrected chi connectivity index (χ1v) is 9.74. The third kappa shape index (κ3) is 3.88. The van der Waals surface area contributed by atoms with Crippen LogP contribution >= 0.6 is 0 Å². The third-order valence-electron chi connectivity index (χ3n) is 5.10. The first kappa shape index (κ1) is 20.6. The van der Waals surface area contributed by atoms with Crippen molar-refractivity contribution in [1.29, 1.82) is 0 Å². The van der Waals surface area contributed by atoms with Crippen molar-refractivity contribution < 1.29 is 19.0 Å². The maximum absolute atomic E-state index is 13.3. The van der Waals surface area contributed by atoms with E-state index in [1.807, 2.05) is 19.1 Å². The van der Waals surface area contributed by atoms with Crippen LogP contribution in [-0.2, 0) is 6.54 Å². The van der Waals surface area contributed by atoms with Crippen molar-refractivity contribution in [3.8, 4) is 17.2 Å². The normalized spacial score (nSPS) is 10.8. The number of ether oxygens (including phenoxy) is 3. The SMILES string of the molecule is CCCCn1c(C(=O)Nc2cc(OC)c(OC)c(OC)c2)c(C)c2ccccc21. The first-order valence-electron chi connectivity index (χ1n) is 9.74. The molecule has 1 heterocycles. The minimum atomic E-state index is -0.163. The number of benzene rings is 2. The monoisotopic (exact) mass is 396 g/mol. The summed E-state index contributed by atoms with van der Waals surface area (Å²) in [6, 6.07) is 11.6. The molecule has 29 heavy (non-hydrogen) atoms. The zero-order valence-corrected chi connectivity index (χ0v) is 17.7. The van der Waals surface area contributed by atoms with Gasteiger partial charge in [0, 0.05) is 35.3 Å². The number of nitrogens with one attached hydrogen (secondary N) is 1. The van der Waals surface area contributed by atoms with E-state index in [9.17, 15) is 4.79 Å². The number of anilines is 1. The number of nitrogens with zero attached hydrogens (tertiary/aromatic N) is 1. The van der Waals surface area contributed by atoms with E-state index in [-0.39, 0.29) is 5.91 Å². The topological polar surface area (TPSA) is 61.7 Å². The van der Waals surface area contributed by atoms with Gasteiger partial charge in [-0.25, -0.2) is 0 Å². The molecule has 6 nitrogen and oxygen atoms in total. The van der Waals surface area contributed by atoms with E-state index in [1.165, 1.54) is 0 Å². The molecule has 6 heteroatoms. The molecule has 0 atom stereocenters. The molecule has 0 unspecified atom stereocenters. The van der Waals surface area contributed by atoms with E-state index in [0.717, 1.165) is 35.9 Å². The number of amides is 1. The van der Waals surface area contributed by atoms with Crippen LogP contribution in [0.4, 0.5) is 5.69 Å². The number of fused-ring (bicyclic) bond motifs is 1. The van der Waals surface area contributed by atoms with Crippen LogP contribution in [0.5, 0.6) is 17.2 Å². The Labute approximate surface area is 171 Å². The van der Waals surface area contributed by atoms with E-state index in [4.69, 9.17) is 14.2 Å². The fraction of sp³-hybridized carbons (Fsp3) is 0.348. The molecule has 3 aromatic rings. The van der Waals surface area contributed by atoms with Crippen LogP contribution in [0.25, 0.3) is 10.9 Å². The number of methoxy groups -OCH3 is 3. The van der Waals surface area contributed by atoms with E-state index in [1.54, 1.807) is 33.5 Å². The average Bonchev–Trinajstić information content (AvgIpc) is 3.03. The van der Waals surface area contributed by atoms with Crippen molar-refractivity contribution in [2.24, 2.45) is 0 Å². The lowest BCUT2D eigenvalue weighted by Crippen LogP contribution is -2.18. The molecular weight excluding hydrogens is 368 g/mol. The average molecular weight is 396 g/mol. The molecule has 0 saturated heterocycles. The Morgan fingerprint density at radius 1 is 1.03 bits per heavy atom. The highest BCUT2D eigenvalue weighted by Gasteiger charge is 2.21. The number of aryl methyl sites for hydroxylation is 2. The molecular formula is C23H28N2O4. The minimum absolute atomic E-state index is 0.163. The fourth-order valence-corrected chi connectivity index (χ4v) is 3.66. The van der Waals surface area contributed by atoms with Gasteiger partial charge in [-0.1, -0.05) is 31.5 Å². The Bertz CT molecular complexity index is 998. The second kappa shape index (κ2) is 8.90. The lowest BCUT2D eigenvalue weighted by Gasteiger charge is -2.15. The molecule has 0 aliphatic heterocycles. The van der Waals surface area contributed by atoms with Crippen molar-refractivity contribution in [2.75, 3.05) is 26.6 Å². The largest absolute Gasteiger partial charge is 0.493 e. The summed E-state index contributed by atoms with van der Waals surface area (Å²) in [6.07, 6.45) is 2.06. The Hall–Kier alpha value is -3.15. The number of rotatable bonds is 8. The van der Waals surface area contributed by atoms with Gasteiger partial charge in [-0.05, 0) is 25.0 Å². The van der Waals surface area contributed by atoms with Gasteiger partial charge in [0.05, 0.1) is 21.3 Å². The third-order valence-corrected chi connectivity index (χ3v) is 5.10. The van der Waals surface area contributed by atoms with Crippen LogP contribution < -0.4 is 19.5 Å². The van der Waals surface area contributed by atoms with Gasteiger partial charge in [0.15, 0.2) is 11.5 Å². The van der Waals surface area contributed by atoms with E-state index in [2.05, 4.69) is 28.9 Å². The summed E-state index contributed by atoms with van der Waals surface area (Å²) >= 11 is 0. The summed E-state index contributed by atoms with van der Waals surface area (Å²) in [6.45, 7) is 4.94. The van der Waals surface area contributed by atoms with Crippen LogP contribution in [0.3, 0.4) is 0 Å². The van der Waals surface area contributed by atoms with Crippen LogP contribution in [-0.4, -0.2) is 31.8 Å². The van der Waals surface area contributed by atoms with Crippen molar-refractivity contribution in [3.05, 3.63) is 47.7 Å². The molecule has 1 amide bonds. The smallest absolute Gasteiger partial charge is 0.272 e. The molecule has 1 aromatic heterocycles. The number of carbonyl (C=O) groups is 1. The molecule has 0 aliphatic carbocycles. The lowest BCUT2D eigenvalue weighted by atomic mass is 10.1. The number of carbonyl (C=O) groups excluding carboxylic acids is 1. The van der Waals surface area contributed by atoms with Gasteiger partial charge in [0.25, 0.3) is 5.91 Å². The number of para-hydroxylation sites is 1. The number of aromatic nitrogens is 1. The predicted octanol–water partition coefficient (Wildman–Crippen LogP) is 5.03. The van der Waals surface area contributed by atoms with Gasteiger partial charge >= 0.3 is 0 Å². The summed E-state index contributed by atoms with van der Waals surface area (Å²) in [5.74, 6) is 1.31. The Morgan fingerprint density at radius 2 is 1.69 bits per heavy atom. The van der Waals surface area contributed by atoms with E-state index in [0.29, 0.717) is 28.6 Å². The summed E-state index contributed by atoms with van der Waals surface area (Å²) in [5.41, 5.74) is 3.31. The molecule has 0 radical (unpaired) electrons. The van der Waals surface area contributed by atoms with E-state index >= 15 is 0 Å². The lowest BCUT2D eigenvalue weighted by molar-refractivity contribution is 0.101. The molecule has 0 saturated carbocycles. The van der Waals surface area contributed by atoms with Crippen LogP contribution in [0.1, 0.15) is 35.8 Å². The molecule has 3 rings (SSSR count). The van der Waals surface area contributed by atoms with Crippen molar-refractivity contribution >= 4 is 22.5 Å². The molecule has 2 aromatic carbocycles. The second-order valence-electron chi connectivity index (χ2n) is 6.86. The van der Waals surface area contributed by atoms with Gasteiger partial charge in [-0.2, -0.15) is 0 Å². The molecule has 0 fully saturated rings. The summed E-state index contributed by atoms with van der Waals surface area (Å²) in [7, 11) is 4.65. The number of hydrogen-bond acceptors (Lipinski definition) is 4. The molecule has 1 N–H and O–H groups in total. The number of unbranched alkanes of at least 4 members (excludes halogenated alkanes) is 1. The summed E-state index contributed by atoms with van der Waals surface area (Å²) < 4.78 is 18.3. The maximum Gasteiger partial charge on any atom is 0.272 e. The highest BCUT2D eigenvalue weighted by Crippen LogP contribution is 2.40. The Morgan fingerprint density at radius 3 is 2.28 bits per heavy atom. The van der Waals surface area contributed by atoms with Crippen LogP contribution in [0.2, 0.25) is 0 Å². The van der Waals surface area contributed by atoms with Gasteiger partial charge < -0.3 is 24.1 Å². The van der Waals surface area contributed by atoms with Gasteiger partial charge in [-0.3, -0.25) is 4.79 Å². The first-order chi connectivity index (χ1) is 14.0. The Balaban J connectivity index is 2.03. The van der Waals surface area contributed by atoms with Crippen molar-refractivity contribution in [2.45, 2.75) is 33.2 Å². The van der Waals surface area contributed by atoms with Gasteiger partial charge in [0.2, 0.25) is 5.75 Å². The minimum Gasteiger partial charge on any atom is -0.493 e. The number of hydrogen-bond donors (Lipinski definition) is 1. The molecule has 154 valence electrons. The molecule has 0 spiro atoms. The zero-order valence-electron chi connectivity index (χ0n) is 17.7.